The van der Waals surface area contributed by atoms with Crippen LogP contribution in [0.15, 0.2) is 0 Å². The molecule has 7 heteroatoms. The number of nitrogens with two attached hydrogens (primary N) is 1. The Hall–Kier alpha value is -0.850. The maximum Gasteiger partial charge on any atom is 0.252 e. The first-order valence-corrected chi connectivity index (χ1v) is 9.36. The summed E-state index contributed by atoms with van der Waals surface area (Å²) in [6, 6.07) is -0.196. The number of hydrogen-bond acceptors (Lipinski definition) is 4. The highest BCUT2D eigenvalue weighted by atomic mass is 35.5. The molecule has 0 aliphatic carbocycles. The molecule has 2 amide bonds. The van der Waals surface area contributed by atoms with Crippen molar-refractivity contribution in [2.75, 3.05) is 26.2 Å². The predicted octanol–water partition coefficient (Wildman–Crippen LogP) is 1.55. The average Bonchev–Trinajstić information content (AvgIpc) is 3.10. The van der Waals surface area contributed by atoms with Gasteiger partial charge in [-0.2, -0.15) is 0 Å². The lowest BCUT2D eigenvalue weighted by Crippen LogP contribution is -2.60. The minimum absolute atomic E-state index is 0. The Bertz CT molecular complexity index is 494. The second kappa shape index (κ2) is 8.23. The lowest BCUT2D eigenvalue weighted by Gasteiger charge is -2.45. The van der Waals surface area contributed by atoms with E-state index in [0.717, 1.165) is 38.5 Å². The van der Waals surface area contributed by atoms with E-state index in [1.54, 1.807) is 4.90 Å². The van der Waals surface area contributed by atoms with Gasteiger partial charge in [0.25, 0.3) is 5.91 Å². The smallest absolute Gasteiger partial charge is 0.252 e. The van der Waals surface area contributed by atoms with Crippen LogP contribution in [0.1, 0.15) is 52.4 Å². The van der Waals surface area contributed by atoms with Crippen molar-refractivity contribution in [2.24, 2.45) is 11.1 Å². The molecule has 0 saturated carbocycles. The topological polar surface area (TPSA) is 75.9 Å². The molecule has 0 aromatic rings. The van der Waals surface area contributed by atoms with Gasteiger partial charge in [-0.3, -0.25) is 9.59 Å². The molecule has 25 heavy (non-hydrogen) atoms. The van der Waals surface area contributed by atoms with Gasteiger partial charge in [-0.15, -0.1) is 12.4 Å². The van der Waals surface area contributed by atoms with Crippen LogP contribution in [0.25, 0.3) is 0 Å². The molecule has 3 rings (SSSR count). The molecule has 0 bridgehead atoms. The largest absolute Gasteiger partial charge is 0.368 e. The molecule has 3 aliphatic heterocycles. The fourth-order valence-corrected chi connectivity index (χ4v) is 4.18. The number of carbonyl (C=O) groups is 2. The first-order chi connectivity index (χ1) is 11.4. The van der Waals surface area contributed by atoms with Crippen LogP contribution in [0.3, 0.4) is 0 Å². The van der Waals surface area contributed by atoms with Gasteiger partial charge >= 0.3 is 0 Å². The maximum absolute atomic E-state index is 13.1. The molecule has 3 aliphatic rings. The number of likely N-dealkylation sites (tertiary alicyclic amines) is 2. The number of piperidine rings is 2. The zero-order valence-corrected chi connectivity index (χ0v) is 16.2. The van der Waals surface area contributed by atoms with Crippen molar-refractivity contribution in [3.63, 3.8) is 0 Å². The molecule has 3 atom stereocenters. The predicted molar refractivity (Wildman–Crippen MR) is 98.5 cm³/mol. The molecule has 0 radical (unpaired) electrons. The van der Waals surface area contributed by atoms with Crippen molar-refractivity contribution in [1.82, 2.24) is 9.80 Å². The fourth-order valence-electron chi connectivity index (χ4n) is 4.18. The van der Waals surface area contributed by atoms with Gasteiger partial charge in [-0.25, -0.2) is 0 Å². The van der Waals surface area contributed by atoms with E-state index in [2.05, 4.69) is 13.8 Å². The summed E-state index contributed by atoms with van der Waals surface area (Å²) >= 11 is 0. The number of halogens is 1. The van der Waals surface area contributed by atoms with Crippen LogP contribution >= 0.6 is 12.4 Å². The lowest BCUT2D eigenvalue weighted by atomic mass is 9.79. The van der Waals surface area contributed by atoms with Crippen molar-refractivity contribution in [3.05, 3.63) is 0 Å². The molecular formula is C18H32ClN3O3. The molecule has 3 unspecified atom stereocenters. The normalized spacial score (nSPS) is 32.2. The fraction of sp³-hybridized carbons (Fsp3) is 0.889. The highest BCUT2D eigenvalue weighted by Crippen LogP contribution is 2.30. The summed E-state index contributed by atoms with van der Waals surface area (Å²) in [6.07, 6.45) is 4.93. The third-order valence-corrected chi connectivity index (χ3v) is 5.90. The summed E-state index contributed by atoms with van der Waals surface area (Å²) in [7, 11) is 0. The molecule has 3 fully saturated rings. The Morgan fingerprint density at radius 1 is 1.04 bits per heavy atom. The first kappa shape index (κ1) is 20.5. The third-order valence-electron chi connectivity index (χ3n) is 5.90. The van der Waals surface area contributed by atoms with Crippen LogP contribution in [-0.2, 0) is 14.3 Å². The Kier molecular flexibility index (Phi) is 6.74. The minimum atomic E-state index is -0.343. The molecular weight excluding hydrogens is 342 g/mol. The highest BCUT2D eigenvalue weighted by molar-refractivity contribution is 5.90. The van der Waals surface area contributed by atoms with E-state index in [0.29, 0.717) is 26.2 Å². The van der Waals surface area contributed by atoms with E-state index in [4.69, 9.17) is 10.5 Å². The van der Waals surface area contributed by atoms with Crippen LogP contribution in [0.4, 0.5) is 0 Å². The molecule has 144 valence electrons. The summed E-state index contributed by atoms with van der Waals surface area (Å²) in [5.74, 6) is 0.111. The summed E-state index contributed by atoms with van der Waals surface area (Å²) in [5, 5.41) is 0. The Labute approximate surface area is 156 Å². The number of hydrogen-bond donors (Lipinski definition) is 1. The van der Waals surface area contributed by atoms with Crippen molar-refractivity contribution in [2.45, 2.75) is 70.6 Å². The SMILES string of the molecule is CC1(C)CN(C(=O)C2CCCCN2C(=O)C2CCCO2)CCC1N.Cl. The number of ether oxygens (including phenoxy) is 1. The highest BCUT2D eigenvalue weighted by Gasteiger charge is 2.42. The van der Waals surface area contributed by atoms with Gasteiger partial charge in [0.1, 0.15) is 12.1 Å². The van der Waals surface area contributed by atoms with Gasteiger partial charge in [-0.1, -0.05) is 13.8 Å². The average molecular weight is 374 g/mol. The summed E-state index contributed by atoms with van der Waals surface area (Å²) in [5.41, 5.74) is 6.12. The van der Waals surface area contributed by atoms with Gasteiger partial charge in [0, 0.05) is 32.3 Å². The van der Waals surface area contributed by atoms with Crippen LogP contribution in [0.5, 0.6) is 0 Å². The van der Waals surface area contributed by atoms with E-state index in [9.17, 15) is 9.59 Å². The van der Waals surface area contributed by atoms with E-state index in [1.165, 1.54) is 0 Å². The standard InChI is InChI=1S/C18H31N3O3.ClH/c1-18(2)12-20(10-8-15(18)19)16(22)13-6-3-4-9-21(13)17(23)14-7-5-11-24-14;/h13-15H,3-12,19H2,1-2H3;1H. The van der Waals surface area contributed by atoms with Crippen LogP contribution in [0.2, 0.25) is 0 Å². The van der Waals surface area contributed by atoms with Gasteiger partial charge in [0.05, 0.1) is 0 Å². The molecule has 3 saturated heterocycles. The Morgan fingerprint density at radius 2 is 1.80 bits per heavy atom. The minimum Gasteiger partial charge on any atom is -0.368 e. The molecule has 0 spiro atoms. The zero-order valence-electron chi connectivity index (χ0n) is 15.4. The second-order valence-corrected chi connectivity index (χ2v) is 8.19. The monoisotopic (exact) mass is 373 g/mol. The molecule has 6 nitrogen and oxygen atoms in total. The van der Waals surface area contributed by atoms with Gasteiger partial charge in [-0.05, 0) is 43.9 Å². The Balaban J connectivity index is 0.00000225. The third kappa shape index (κ3) is 4.29. The Morgan fingerprint density at radius 3 is 2.44 bits per heavy atom. The van der Waals surface area contributed by atoms with Crippen molar-refractivity contribution in [1.29, 1.82) is 0 Å². The summed E-state index contributed by atoms with van der Waals surface area (Å²) < 4.78 is 5.56. The molecule has 2 N–H and O–H groups in total. The number of rotatable bonds is 2. The second-order valence-electron chi connectivity index (χ2n) is 8.19. The summed E-state index contributed by atoms with van der Waals surface area (Å²) in [4.78, 5) is 29.6. The zero-order chi connectivity index (χ0) is 17.3. The van der Waals surface area contributed by atoms with Gasteiger partial charge in [0.15, 0.2) is 0 Å². The number of carbonyl (C=O) groups excluding carboxylic acids is 2. The maximum atomic E-state index is 13.1. The number of amides is 2. The molecule has 0 aromatic carbocycles. The number of nitrogens with zero attached hydrogens (tertiary/aromatic N) is 2. The van der Waals surface area contributed by atoms with Crippen LogP contribution < -0.4 is 5.73 Å². The molecule has 3 heterocycles. The van der Waals surface area contributed by atoms with E-state index >= 15 is 0 Å². The van der Waals surface area contributed by atoms with Crippen LogP contribution in [-0.4, -0.2) is 66.0 Å². The van der Waals surface area contributed by atoms with E-state index in [-0.39, 0.29) is 47.8 Å². The molecule has 0 aromatic heterocycles. The lowest BCUT2D eigenvalue weighted by molar-refractivity contribution is -0.154. The quantitative estimate of drug-likeness (QED) is 0.796. The van der Waals surface area contributed by atoms with E-state index < -0.39 is 0 Å². The van der Waals surface area contributed by atoms with Gasteiger partial charge < -0.3 is 20.3 Å². The van der Waals surface area contributed by atoms with Gasteiger partial charge in [0.2, 0.25) is 5.91 Å². The van der Waals surface area contributed by atoms with Crippen LogP contribution in [0, 0.1) is 5.41 Å². The van der Waals surface area contributed by atoms with Crippen molar-refractivity contribution >= 4 is 24.2 Å². The van der Waals surface area contributed by atoms with E-state index in [1.807, 2.05) is 4.90 Å². The van der Waals surface area contributed by atoms with Crippen molar-refractivity contribution < 1.29 is 14.3 Å². The van der Waals surface area contributed by atoms with Crippen molar-refractivity contribution in [3.8, 4) is 0 Å². The summed E-state index contributed by atoms with van der Waals surface area (Å²) in [6.45, 7) is 6.93. The first-order valence-electron chi connectivity index (χ1n) is 9.36.